The van der Waals surface area contributed by atoms with Gasteiger partial charge in [0.2, 0.25) is 0 Å². The molecule has 0 spiro atoms. The van der Waals surface area contributed by atoms with Crippen molar-refractivity contribution in [2.75, 3.05) is 37.9 Å². The maximum atomic E-state index is 11.9. The van der Waals surface area contributed by atoms with Crippen molar-refractivity contribution < 1.29 is 9.53 Å². The van der Waals surface area contributed by atoms with Crippen LogP contribution in [0.1, 0.15) is 23.5 Å². The quantitative estimate of drug-likeness (QED) is 0.693. The second-order valence-corrected chi connectivity index (χ2v) is 5.03. The van der Waals surface area contributed by atoms with Crippen molar-refractivity contribution in [3.8, 4) is 0 Å². The van der Waals surface area contributed by atoms with E-state index in [-0.39, 0.29) is 17.6 Å². The molecule has 1 heterocycles. The molecule has 1 aromatic heterocycles. The zero-order valence-corrected chi connectivity index (χ0v) is 11.8. The third-order valence-electron chi connectivity index (χ3n) is 2.25. The van der Waals surface area contributed by atoms with Crippen molar-refractivity contribution in [3.63, 3.8) is 0 Å². The number of hydrogen-bond acceptors (Lipinski definition) is 6. The molecule has 0 fully saturated rings. The second-order valence-electron chi connectivity index (χ2n) is 4.03. The van der Waals surface area contributed by atoms with Gasteiger partial charge in [-0.3, -0.25) is 4.79 Å². The number of carbonyl (C=O) groups excluding carboxylic acids is 1. The molecular weight excluding hydrogens is 252 g/mol. The van der Waals surface area contributed by atoms with Crippen molar-refractivity contribution in [1.29, 1.82) is 0 Å². The van der Waals surface area contributed by atoms with Crippen molar-refractivity contribution in [1.82, 2.24) is 10.3 Å². The predicted molar refractivity (Wildman–Crippen MR) is 74.1 cm³/mol. The number of hydrogen-bond donors (Lipinski definition) is 3. The molecule has 0 saturated carbocycles. The Morgan fingerprint density at radius 2 is 2.33 bits per heavy atom. The Hall–Kier alpha value is -1.34. The van der Waals surface area contributed by atoms with E-state index < -0.39 is 0 Å². The Morgan fingerprint density at radius 1 is 1.61 bits per heavy atom. The van der Waals surface area contributed by atoms with E-state index >= 15 is 0 Å². The summed E-state index contributed by atoms with van der Waals surface area (Å²) in [6.07, 6.45) is 0. The molecule has 1 amide bonds. The number of rotatable bonds is 7. The normalized spacial score (nSPS) is 12.2. The number of anilines is 2. The summed E-state index contributed by atoms with van der Waals surface area (Å²) in [4.78, 5) is 16.4. The Balaban J connectivity index is 2.55. The van der Waals surface area contributed by atoms with Gasteiger partial charge >= 0.3 is 0 Å². The van der Waals surface area contributed by atoms with Gasteiger partial charge in [0, 0.05) is 20.2 Å². The molecule has 0 aliphatic heterocycles. The van der Waals surface area contributed by atoms with Gasteiger partial charge in [-0.25, -0.2) is 4.98 Å². The van der Waals surface area contributed by atoms with Crippen LogP contribution in [0.4, 0.5) is 10.9 Å². The zero-order chi connectivity index (χ0) is 13.5. The van der Waals surface area contributed by atoms with Gasteiger partial charge in [-0.1, -0.05) is 18.3 Å². The summed E-state index contributed by atoms with van der Waals surface area (Å²) >= 11 is 1.27. The van der Waals surface area contributed by atoms with Crippen LogP contribution in [0.2, 0.25) is 0 Å². The molecule has 0 aromatic carbocycles. The third-order valence-corrected chi connectivity index (χ3v) is 3.28. The lowest BCUT2D eigenvalue weighted by Crippen LogP contribution is -2.29. The third kappa shape index (κ3) is 4.15. The number of thiazole rings is 1. The summed E-state index contributed by atoms with van der Waals surface area (Å²) in [6.45, 7) is 5.88. The molecule has 6 nitrogen and oxygen atoms in total. The maximum absolute atomic E-state index is 11.9. The first kappa shape index (κ1) is 14.7. The number of aromatic nitrogens is 1. The summed E-state index contributed by atoms with van der Waals surface area (Å²) < 4.78 is 5.01. The molecule has 102 valence electrons. The molecule has 1 atom stereocenters. The van der Waals surface area contributed by atoms with Gasteiger partial charge in [0.05, 0.1) is 6.61 Å². The summed E-state index contributed by atoms with van der Waals surface area (Å²) in [6, 6.07) is 0. The summed E-state index contributed by atoms with van der Waals surface area (Å²) in [7, 11) is 1.64. The van der Waals surface area contributed by atoms with Crippen molar-refractivity contribution in [2.45, 2.75) is 13.8 Å². The number of carbonyl (C=O) groups is 1. The highest BCUT2D eigenvalue weighted by Crippen LogP contribution is 2.24. The van der Waals surface area contributed by atoms with Crippen LogP contribution in [-0.4, -0.2) is 37.7 Å². The Morgan fingerprint density at radius 3 is 2.94 bits per heavy atom. The summed E-state index contributed by atoms with van der Waals surface area (Å²) in [5.41, 5.74) is 5.71. The lowest BCUT2D eigenvalue weighted by Gasteiger charge is -2.10. The van der Waals surface area contributed by atoms with Crippen molar-refractivity contribution in [3.05, 3.63) is 4.88 Å². The van der Waals surface area contributed by atoms with E-state index in [4.69, 9.17) is 10.5 Å². The van der Waals surface area contributed by atoms with Crippen LogP contribution in [0.15, 0.2) is 0 Å². The topological polar surface area (TPSA) is 89.3 Å². The van der Waals surface area contributed by atoms with E-state index in [1.54, 1.807) is 7.11 Å². The smallest absolute Gasteiger partial charge is 0.265 e. The van der Waals surface area contributed by atoms with E-state index in [2.05, 4.69) is 15.6 Å². The molecule has 0 aliphatic rings. The maximum Gasteiger partial charge on any atom is 0.265 e. The first-order valence-corrected chi connectivity index (χ1v) is 6.67. The lowest BCUT2D eigenvalue weighted by molar-refractivity contribution is 0.0939. The zero-order valence-electron chi connectivity index (χ0n) is 10.9. The minimum Gasteiger partial charge on any atom is -0.384 e. The second kappa shape index (κ2) is 7.17. The molecule has 0 saturated heterocycles. The molecule has 0 radical (unpaired) electrons. The number of nitrogen functional groups attached to an aromatic ring is 1. The largest absolute Gasteiger partial charge is 0.384 e. The van der Waals surface area contributed by atoms with E-state index in [1.807, 2.05) is 13.8 Å². The van der Waals surface area contributed by atoms with Crippen LogP contribution in [0.3, 0.4) is 0 Å². The Kier molecular flexibility index (Phi) is 5.87. The SMILES string of the molecule is CCNc1nc(N)c(C(=O)NCC(C)COC)s1. The van der Waals surface area contributed by atoms with Crippen LogP contribution in [0.25, 0.3) is 0 Å². The monoisotopic (exact) mass is 272 g/mol. The molecule has 1 aromatic rings. The standard InChI is InChI=1S/C11H20N4O2S/c1-4-13-11-15-9(12)8(18-11)10(16)14-5-7(2)6-17-3/h7H,4-6,12H2,1-3H3,(H,13,15)(H,14,16). The number of nitrogens with one attached hydrogen (secondary N) is 2. The number of methoxy groups -OCH3 is 1. The van der Waals surface area contributed by atoms with Gasteiger partial charge in [0.1, 0.15) is 10.7 Å². The van der Waals surface area contributed by atoms with Gasteiger partial charge in [-0.05, 0) is 12.8 Å². The van der Waals surface area contributed by atoms with Crippen molar-refractivity contribution >= 4 is 28.2 Å². The Bertz CT molecular complexity index is 394. The highest BCUT2D eigenvalue weighted by atomic mass is 32.1. The fraction of sp³-hybridized carbons (Fsp3) is 0.636. The fourth-order valence-electron chi connectivity index (χ4n) is 1.41. The van der Waals surface area contributed by atoms with E-state index in [1.165, 1.54) is 11.3 Å². The van der Waals surface area contributed by atoms with Crippen LogP contribution in [-0.2, 0) is 4.74 Å². The first-order valence-electron chi connectivity index (χ1n) is 5.85. The average molecular weight is 272 g/mol. The number of nitrogens with zero attached hydrogens (tertiary/aromatic N) is 1. The highest BCUT2D eigenvalue weighted by molar-refractivity contribution is 7.18. The highest BCUT2D eigenvalue weighted by Gasteiger charge is 2.16. The number of nitrogens with two attached hydrogens (primary N) is 1. The average Bonchev–Trinajstić information content (AvgIpc) is 2.68. The molecule has 1 unspecified atom stereocenters. The van der Waals surface area contributed by atoms with E-state index in [0.717, 1.165) is 6.54 Å². The van der Waals surface area contributed by atoms with Crippen molar-refractivity contribution in [2.24, 2.45) is 5.92 Å². The van der Waals surface area contributed by atoms with Gasteiger partial charge in [0.25, 0.3) is 5.91 Å². The van der Waals surface area contributed by atoms with Crippen LogP contribution >= 0.6 is 11.3 Å². The van der Waals surface area contributed by atoms with Crippen LogP contribution < -0.4 is 16.4 Å². The minimum absolute atomic E-state index is 0.183. The van der Waals surface area contributed by atoms with Gasteiger partial charge in [0.15, 0.2) is 5.13 Å². The summed E-state index contributed by atoms with van der Waals surface area (Å²) in [5, 5.41) is 6.53. The number of amides is 1. The molecule has 4 N–H and O–H groups in total. The van der Waals surface area contributed by atoms with Crippen LogP contribution in [0, 0.1) is 5.92 Å². The first-order chi connectivity index (χ1) is 8.58. The predicted octanol–water partition coefficient (Wildman–Crippen LogP) is 1.17. The molecule has 1 rings (SSSR count). The van der Waals surface area contributed by atoms with Crippen LogP contribution in [0.5, 0.6) is 0 Å². The number of ether oxygens (including phenoxy) is 1. The molecule has 0 aliphatic carbocycles. The Labute approximate surface area is 111 Å². The minimum atomic E-state index is -0.183. The lowest BCUT2D eigenvalue weighted by atomic mass is 10.2. The molecule has 0 bridgehead atoms. The molecular formula is C11H20N4O2S. The van der Waals surface area contributed by atoms with Gasteiger partial charge in [-0.2, -0.15) is 0 Å². The van der Waals surface area contributed by atoms with E-state index in [0.29, 0.717) is 23.2 Å². The van der Waals surface area contributed by atoms with Gasteiger partial charge in [-0.15, -0.1) is 0 Å². The molecule has 7 heteroatoms. The summed E-state index contributed by atoms with van der Waals surface area (Å²) in [5.74, 6) is 0.353. The van der Waals surface area contributed by atoms with Gasteiger partial charge < -0.3 is 21.1 Å². The van der Waals surface area contributed by atoms with E-state index in [9.17, 15) is 4.79 Å². The fourth-order valence-corrected chi connectivity index (χ4v) is 2.28. The molecule has 18 heavy (non-hydrogen) atoms.